The first-order chi connectivity index (χ1) is 4.74. The smallest absolute Gasteiger partial charge is 0.188 e. The van der Waals surface area contributed by atoms with Crippen molar-refractivity contribution in [3.8, 4) is 0 Å². The number of guanidine groups is 1. The number of nitrogens with zero attached hydrogens (tertiary/aromatic N) is 1. The maximum Gasteiger partial charge on any atom is 0.188 e. The van der Waals surface area contributed by atoms with E-state index >= 15 is 0 Å². The van der Waals surface area contributed by atoms with Gasteiger partial charge in [-0.1, -0.05) is 13.3 Å². The van der Waals surface area contributed by atoms with Gasteiger partial charge in [0.15, 0.2) is 5.96 Å². The molecule has 0 atom stereocenters. The van der Waals surface area contributed by atoms with E-state index in [1.54, 1.807) is 0 Å². The molecule has 1 aliphatic heterocycles. The predicted octanol–water partition coefficient (Wildman–Crippen LogP) is 0.612. The summed E-state index contributed by atoms with van der Waals surface area (Å²) in [4.78, 5) is 1.90. The second-order valence-corrected chi connectivity index (χ2v) is 2.94. The van der Waals surface area contributed by atoms with Crippen molar-refractivity contribution in [1.29, 1.82) is 5.41 Å². The van der Waals surface area contributed by atoms with Crippen molar-refractivity contribution in [3.05, 3.63) is 0 Å². The van der Waals surface area contributed by atoms with Crippen LogP contribution in [0.1, 0.15) is 19.8 Å². The number of nitrogens with one attached hydrogen (secondary N) is 1. The number of rotatable bonds is 2. The molecule has 1 heterocycles. The van der Waals surface area contributed by atoms with Crippen molar-refractivity contribution in [2.75, 3.05) is 13.1 Å². The summed E-state index contributed by atoms with van der Waals surface area (Å²) < 4.78 is 0. The monoisotopic (exact) mass is 141 g/mol. The van der Waals surface area contributed by atoms with E-state index in [0.717, 1.165) is 19.0 Å². The number of hydrogen-bond acceptors (Lipinski definition) is 1. The topological polar surface area (TPSA) is 53.1 Å². The fourth-order valence-electron chi connectivity index (χ4n) is 1.36. The Bertz CT molecular complexity index is 127. The molecule has 3 nitrogen and oxygen atoms in total. The van der Waals surface area contributed by atoms with E-state index in [2.05, 4.69) is 6.92 Å². The molecular formula is C7H15N3. The third-order valence-corrected chi connectivity index (χ3v) is 1.99. The van der Waals surface area contributed by atoms with Gasteiger partial charge in [-0.2, -0.15) is 0 Å². The van der Waals surface area contributed by atoms with Crippen molar-refractivity contribution in [2.45, 2.75) is 19.8 Å². The van der Waals surface area contributed by atoms with Crippen LogP contribution >= 0.6 is 0 Å². The van der Waals surface area contributed by atoms with Gasteiger partial charge in [-0.05, 0) is 12.3 Å². The van der Waals surface area contributed by atoms with Gasteiger partial charge in [0, 0.05) is 13.1 Å². The molecule has 1 fully saturated rings. The van der Waals surface area contributed by atoms with Crippen LogP contribution in [0.4, 0.5) is 0 Å². The molecule has 10 heavy (non-hydrogen) atoms. The Morgan fingerprint density at radius 2 is 2.30 bits per heavy atom. The lowest BCUT2D eigenvalue weighted by atomic mass is 9.96. The van der Waals surface area contributed by atoms with Crippen LogP contribution in [0, 0.1) is 11.3 Å². The van der Waals surface area contributed by atoms with Crippen LogP contribution in [0.25, 0.3) is 0 Å². The Hall–Kier alpha value is -0.730. The van der Waals surface area contributed by atoms with Gasteiger partial charge in [0.2, 0.25) is 0 Å². The van der Waals surface area contributed by atoms with Gasteiger partial charge in [0.1, 0.15) is 0 Å². The summed E-state index contributed by atoms with van der Waals surface area (Å²) in [5.74, 6) is 1.03. The SMILES string of the molecule is CCCC1CN(C(=N)N)C1. The lowest BCUT2D eigenvalue weighted by molar-refractivity contribution is 0.173. The van der Waals surface area contributed by atoms with Crippen LogP contribution in [0.2, 0.25) is 0 Å². The second kappa shape index (κ2) is 2.90. The lowest BCUT2D eigenvalue weighted by Crippen LogP contribution is -2.52. The van der Waals surface area contributed by atoms with Gasteiger partial charge in [-0.15, -0.1) is 0 Å². The molecule has 0 aromatic carbocycles. The summed E-state index contributed by atoms with van der Waals surface area (Å²) in [5.41, 5.74) is 5.27. The Morgan fingerprint density at radius 1 is 1.70 bits per heavy atom. The minimum absolute atomic E-state index is 0.229. The average molecular weight is 141 g/mol. The fourth-order valence-corrected chi connectivity index (χ4v) is 1.36. The minimum Gasteiger partial charge on any atom is -0.370 e. The Balaban J connectivity index is 2.12. The van der Waals surface area contributed by atoms with E-state index < -0.39 is 0 Å². The third kappa shape index (κ3) is 1.40. The van der Waals surface area contributed by atoms with Crippen molar-refractivity contribution < 1.29 is 0 Å². The number of likely N-dealkylation sites (tertiary alicyclic amines) is 1. The van der Waals surface area contributed by atoms with Crippen molar-refractivity contribution in [3.63, 3.8) is 0 Å². The normalized spacial score (nSPS) is 18.7. The quantitative estimate of drug-likeness (QED) is 0.437. The van der Waals surface area contributed by atoms with E-state index in [-0.39, 0.29) is 5.96 Å². The molecule has 3 N–H and O–H groups in total. The third-order valence-electron chi connectivity index (χ3n) is 1.99. The molecular weight excluding hydrogens is 126 g/mol. The molecule has 0 spiro atoms. The van der Waals surface area contributed by atoms with Crippen molar-refractivity contribution in [1.82, 2.24) is 4.90 Å². The zero-order valence-corrected chi connectivity index (χ0v) is 6.43. The highest BCUT2D eigenvalue weighted by atomic mass is 15.3. The summed E-state index contributed by atoms with van der Waals surface area (Å²) in [5, 5.41) is 7.08. The highest BCUT2D eigenvalue weighted by Crippen LogP contribution is 2.18. The zero-order chi connectivity index (χ0) is 7.56. The van der Waals surface area contributed by atoms with E-state index in [9.17, 15) is 0 Å². The molecule has 58 valence electrons. The van der Waals surface area contributed by atoms with Crippen LogP contribution in [0.5, 0.6) is 0 Å². The summed E-state index contributed by atoms with van der Waals surface area (Å²) in [6.45, 7) is 4.20. The highest BCUT2D eigenvalue weighted by Gasteiger charge is 2.26. The average Bonchev–Trinajstić information content (AvgIpc) is 1.76. The summed E-state index contributed by atoms with van der Waals surface area (Å²) >= 11 is 0. The highest BCUT2D eigenvalue weighted by molar-refractivity contribution is 5.75. The molecule has 0 bridgehead atoms. The maximum atomic E-state index is 7.08. The van der Waals surface area contributed by atoms with Crippen LogP contribution in [-0.4, -0.2) is 23.9 Å². The van der Waals surface area contributed by atoms with Gasteiger partial charge in [-0.25, -0.2) is 0 Å². The predicted molar refractivity (Wildman–Crippen MR) is 41.9 cm³/mol. The van der Waals surface area contributed by atoms with E-state index in [4.69, 9.17) is 11.1 Å². The molecule has 1 rings (SSSR count). The molecule has 1 aliphatic rings. The van der Waals surface area contributed by atoms with Gasteiger partial charge < -0.3 is 10.6 Å². The van der Waals surface area contributed by atoms with Crippen molar-refractivity contribution >= 4 is 5.96 Å². The summed E-state index contributed by atoms with van der Waals surface area (Å²) in [6, 6.07) is 0. The minimum atomic E-state index is 0.229. The van der Waals surface area contributed by atoms with Crippen LogP contribution in [0.3, 0.4) is 0 Å². The Labute approximate surface area is 61.7 Å². The van der Waals surface area contributed by atoms with Gasteiger partial charge in [0.25, 0.3) is 0 Å². The molecule has 0 amide bonds. The van der Waals surface area contributed by atoms with Crippen LogP contribution in [0.15, 0.2) is 0 Å². The fraction of sp³-hybridized carbons (Fsp3) is 0.857. The standard InChI is InChI=1S/C7H15N3/c1-2-3-6-4-10(5-6)7(8)9/h6H,2-5H2,1H3,(H3,8,9). The Kier molecular flexibility index (Phi) is 2.14. The molecule has 0 radical (unpaired) electrons. The van der Waals surface area contributed by atoms with Gasteiger partial charge >= 0.3 is 0 Å². The maximum absolute atomic E-state index is 7.08. The molecule has 0 saturated carbocycles. The molecule has 3 heteroatoms. The van der Waals surface area contributed by atoms with Gasteiger partial charge in [0.05, 0.1) is 0 Å². The largest absolute Gasteiger partial charge is 0.370 e. The van der Waals surface area contributed by atoms with E-state index in [0.29, 0.717) is 0 Å². The summed E-state index contributed by atoms with van der Waals surface area (Å²) in [6.07, 6.45) is 2.53. The molecule has 0 aromatic rings. The van der Waals surface area contributed by atoms with Crippen LogP contribution in [-0.2, 0) is 0 Å². The molecule has 1 saturated heterocycles. The first kappa shape index (κ1) is 7.38. The van der Waals surface area contributed by atoms with E-state index in [1.807, 2.05) is 4.90 Å². The first-order valence-corrected chi connectivity index (χ1v) is 3.83. The molecule has 0 unspecified atom stereocenters. The zero-order valence-electron chi connectivity index (χ0n) is 6.43. The van der Waals surface area contributed by atoms with Gasteiger partial charge in [-0.3, -0.25) is 5.41 Å². The molecule has 0 aromatic heterocycles. The Morgan fingerprint density at radius 3 is 2.70 bits per heavy atom. The lowest BCUT2D eigenvalue weighted by Gasteiger charge is -2.39. The number of hydrogen-bond donors (Lipinski definition) is 2. The summed E-state index contributed by atoms with van der Waals surface area (Å²) in [7, 11) is 0. The molecule has 0 aliphatic carbocycles. The first-order valence-electron chi connectivity index (χ1n) is 3.83. The second-order valence-electron chi connectivity index (χ2n) is 2.94. The van der Waals surface area contributed by atoms with Crippen molar-refractivity contribution in [2.24, 2.45) is 11.7 Å². The van der Waals surface area contributed by atoms with Crippen LogP contribution < -0.4 is 5.73 Å². The number of nitrogens with two attached hydrogens (primary N) is 1. The van der Waals surface area contributed by atoms with E-state index in [1.165, 1.54) is 12.8 Å².